The highest BCUT2D eigenvalue weighted by molar-refractivity contribution is 5.76. The van der Waals surface area contributed by atoms with Crippen molar-refractivity contribution in [2.75, 3.05) is 0 Å². The van der Waals surface area contributed by atoms with Crippen LogP contribution in [0.4, 0.5) is 22.0 Å². The number of nitrogens with zero attached hydrogens (tertiary/aromatic N) is 1. The zero-order chi connectivity index (χ0) is 13.7. The summed E-state index contributed by atoms with van der Waals surface area (Å²) in [5.74, 6) is -2.64. The van der Waals surface area contributed by atoms with Gasteiger partial charge in [-0.1, -0.05) is 0 Å². The van der Waals surface area contributed by atoms with Gasteiger partial charge < -0.3 is 10.7 Å². The molecule has 1 unspecified atom stereocenters. The van der Waals surface area contributed by atoms with Crippen LogP contribution in [-0.2, 0) is 5.54 Å². The first-order chi connectivity index (χ1) is 8.13. The van der Waals surface area contributed by atoms with Crippen molar-refractivity contribution in [2.45, 2.75) is 18.6 Å². The Balaban J connectivity index is 2.65. The molecule has 2 aromatic rings. The van der Waals surface area contributed by atoms with Crippen LogP contribution in [0.1, 0.15) is 12.7 Å². The maximum atomic E-state index is 13.3. The third-order valence-corrected chi connectivity index (χ3v) is 2.59. The highest BCUT2D eigenvalue weighted by atomic mass is 19.4. The van der Waals surface area contributed by atoms with E-state index in [1.807, 2.05) is 0 Å². The van der Waals surface area contributed by atoms with Crippen LogP contribution in [0, 0.1) is 11.6 Å². The van der Waals surface area contributed by atoms with Gasteiger partial charge >= 0.3 is 6.18 Å². The Labute approximate surface area is 97.8 Å². The minimum absolute atomic E-state index is 0.177. The Morgan fingerprint density at radius 1 is 1.22 bits per heavy atom. The summed E-state index contributed by atoms with van der Waals surface area (Å²) in [6.07, 6.45) is -4.77. The number of hydrogen-bond acceptors (Lipinski definition) is 2. The molecule has 3 N–H and O–H groups in total. The molecule has 0 aliphatic heterocycles. The lowest BCUT2D eigenvalue weighted by atomic mass is 10.0. The van der Waals surface area contributed by atoms with Crippen molar-refractivity contribution >= 4 is 11.0 Å². The predicted molar refractivity (Wildman–Crippen MR) is 53.6 cm³/mol. The number of alkyl halides is 3. The van der Waals surface area contributed by atoms with E-state index in [1.54, 1.807) is 0 Å². The molecule has 1 atom stereocenters. The minimum atomic E-state index is -4.77. The number of hydrogen-bond donors (Lipinski definition) is 2. The van der Waals surface area contributed by atoms with Gasteiger partial charge in [-0.15, -0.1) is 0 Å². The largest absolute Gasteiger partial charge is 0.413 e. The molecule has 0 bridgehead atoms. The topological polar surface area (TPSA) is 54.7 Å². The summed E-state index contributed by atoms with van der Waals surface area (Å²) in [6, 6.07) is 1.38. The summed E-state index contributed by atoms with van der Waals surface area (Å²) in [7, 11) is 0. The van der Waals surface area contributed by atoms with Crippen LogP contribution < -0.4 is 5.73 Å². The highest BCUT2D eigenvalue weighted by Gasteiger charge is 2.51. The van der Waals surface area contributed by atoms with Crippen molar-refractivity contribution in [3.8, 4) is 0 Å². The van der Waals surface area contributed by atoms with Crippen molar-refractivity contribution in [3.63, 3.8) is 0 Å². The zero-order valence-corrected chi connectivity index (χ0v) is 9.07. The number of rotatable bonds is 1. The number of aromatic amines is 1. The minimum Gasteiger partial charge on any atom is -0.340 e. The number of aromatic nitrogens is 2. The molecule has 18 heavy (non-hydrogen) atoms. The van der Waals surface area contributed by atoms with E-state index >= 15 is 0 Å². The lowest BCUT2D eigenvalue weighted by Crippen LogP contribution is -2.48. The first kappa shape index (κ1) is 12.7. The van der Waals surface area contributed by atoms with E-state index in [0.29, 0.717) is 13.0 Å². The number of H-pyrrole nitrogens is 1. The molecule has 0 radical (unpaired) electrons. The summed E-state index contributed by atoms with van der Waals surface area (Å²) in [4.78, 5) is 5.64. The van der Waals surface area contributed by atoms with Crippen molar-refractivity contribution in [1.82, 2.24) is 9.97 Å². The first-order valence-electron chi connectivity index (χ1n) is 4.84. The first-order valence-corrected chi connectivity index (χ1v) is 4.84. The van der Waals surface area contributed by atoms with Gasteiger partial charge in [0.15, 0.2) is 11.4 Å². The van der Waals surface area contributed by atoms with Gasteiger partial charge in [0.25, 0.3) is 0 Å². The van der Waals surface area contributed by atoms with Crippen molar-refractivity contribution in [2.24, 2.45) is 5.73 Å². The van der Waals surface area contributed by atoms with Crippen LogP contribution in [0.2, 0.25) is 0 Å². The van der Waals surface area contributed by atoms with E-state index < -0.39 is 29.2 Å². The molecule has 0 saturated heterocycles. The molecular formula is C10H8F5N3. The molecule has 3 nitrogen and oxygen atoms in total. The third-order valence-electron chi connectivity index (χ3n) is 2.59. The molecule has 1 aromatic carbocycles. The predicted octanol–water partition coefficient (Wildman–Crippen LogP) is 2.58. The van der Waals surface area contributed by atoms with Gasteiger partial charge in [-0.25, -0.2) is 13.8 Å². The molecule has 2 rings (SSSR count). The normalized spacial score (nSPS) is 15.9. The van der Waals surface area contributed by atoms with E-state index in [9.17, 15) is 22.0 Å². The van der Waals surface area contributed by atoms with Crippen molar-refractivity contribution < 1.29 is 22.0 Å². The van der Waals surface area contributed by atoms with Crippen LogP contribution in [0.5, 0.6) is 0 Å². The summed E-state index contributed by atoms with van der Waals surface area (Å²) >= 11 is 0. The van der Waals surface area contributed by atoms with Gasteiger partial charge in [0.1, 0.15) is 17.2 Å². The average Bonchev–Trinajstić information content (AvgIpc) is 2.59. The number of nitrogens with one attached hydrogen (secondary N) is 1. The van der Waals surface area contributed by atoms with E-state index in [1.165, 1.54) is 0 Å². The smallest absolute Gasteiger partial charge is 0.340 e. The van der Waals surface area contributed by atoms with E-state index in [0.717, 1.165) is 6.07 Å². The van der Waals surface area contributed by atoms with Gasteiger partial charge in [-0.3, -0.25) is 0 Å². The molecule has 8 heteroatoms. The van der Waals surface area contributed by atoms with Crippen LogP contribution in [0.25, 0.3) is 11.0 Å². The average molecular weight is 265 g/mol. The molecule has 98 valence electrons. The van der Waals surface area contributed by atoms with Gasteiger partial charge in [-0.2, -0.15) is 13.2 Å². The number of benzene rings is 1. The second-order valence-electron chi connectivity index (χ2n) is 4.07. The molecule has 1 heterocycles. The van der Waals surface area contributed by atoms with Gasteiger partial charge in [0.05, 0.1) is 5.52 Å². The molecule has 0 aliphatic rings. The molecule has 0 aliphatic carbocycles. The molecule has 0 saturated carbocycles. The number of halogens is 5. The van der Waals surface area contributed by atoms with Crippen molar-refractivity contribution in [1.29, 1.82) is 0 Å². The Hall–Kier alpha value is -1.70. The summed E-state index contributed by atoms with van der Waals surface area (Å²) in [5.41, 5.74) is 1.80. The molecular weight excluding hydrogens is 257 g/mol. The molecule has 0 amide bonds. The zero-order valence-electron chi connectivity index (χ0n) is 9.07. The summed E-state index contributed by atoms with van der Waals surface area (Å²) < 4.78 is 64.2. The van der Waals surface area contributed by atoms with Crippen LogP contribution in [-0.4, -0.2) is 16.1 Å². The summed E-state index contributed by atoms with van der Waals surface area (Å²) in [6.45, 7) is 0.693. The fraction of sp³-hybridized carbons (Fsp3) is 0.300. The number of imidazole rings is 1. The maximum Gasteiger partial charge on any atom is 0.413 e. The summed E-state index contributed by atoms with van der Waals surface area (Å²) in [5, 5.41) is 0. The van der Waals surface area contributed by atoms with Crippen LogP contribution in [0.3, 0.4) is 0 Å². The third kappa shape index (κ3) is 1.82. The molecule has 0 fully saturated rings. The number of nitrogens with two attached hydrogens (primary N) is 1. The lowest BCUT2D eigenvalue weighted by Gasteiger charge is -2.24. The second-order valence-corrected chi connectivity index (χ2v) is 4.07. The fourth-order valence-corrected chi connectivity index (χ4v) is 1.42. The maximum absolute atomic E-state index is 13.3. The van der Waals surface area contributed by atoms with Gasteiger partial charge in [0.2, 0.25) is 0 Å². The standard InChI is InChI=1S/C10H8F5N3/c1-9(16,10(13,14)15)8-17-6-3-4(11)2-5(12)7(6)18-8/h2-3H,16H2,1H3,(H,17,18). The molecule has 1 aromatic heterocycles. The highest BCUT2D eigenvalue weighted by Crippen LogP contribution is 2.35. The Morgan fingerprint density at radius 2 is 1.83 bits per heavy atom. The SMILES string of the molecule is CC(N)(c1nc2c(F)cc(F)cc2[nH]1)C(F)(F)F. The fourth-order valence-electron chi connectivity index (χ4n) is 1.42. The van der Waals surface area contributed by atoms with Crippen molar-refractivity contribution in [3.05, 3.63) is 29.6 Å². The van der Waals surface area contributed by atoms with Gasteiger partial charge in [-0.05, 0) is 13.0 Å². The lowest BCUT2D eigenvalue weighted by molar-refractivity contribution is -0.186. The van der Waals surface area contributed by atoms with E-state index in [2.05, 4.69) is 9.97 Å². The Morgan fingerprint density at radius 3 is 2.39 bits per heavy atom. The molecule has 0 spiro atoms. The van der Waals surface area contributed by atoms with Crippen LogP contribution in [0.15, 0.2) is 12.1 Å². The monoisotopic (exact) mass is 265 g/mol. The number of fused-ring (bicyclic) bond motifs is 1. The van der Waals surface area contributed by atoms with E-state index in [-0.39, 0.29) is 11.0 Å². The van der Waals surface area contributed by atoms with Crippen LogP contribution >= 0.6 is 0 Å². The van der Waals surface area contributed by atoms with E-state index in [4.69, 9.17) is 5.73 Å². The second kappa shape index (κ2) is 3.64. The Bertz CT molecular complexity index is 599. The quantitative estimate of drug-likeness (QED) is 0.778. The van der Waals surface area contributed by atoms with Gasteiger partial charge in [0, 0.05) is 6.07 Å². The Kier molecular flexibility index (Phi) is 2.58.